The van der Waals surface area contributed by atoms with Gasteiger partial charge < -0.3 is 4.74 Å². The molecule has 0 N–H and O–H groups in total. The molecule has 0 amide bonds. The summed E-state index contributed by atoms with van der Waals surface area (Å²) in [5.74, 6) is -0.496. The maximum atomic E-state index is 15.0. The van der Waals surface area contributed by atoms with E-state index in [0.29, 0.717) is 15.6 Å². The van der Waals surface area contributed by atoms with E-state index in [0.717, 1.165) is 5.56 Å². The Hall–Kier alpha value is -2.88. The molecule has 7 heteroatoms. The maximum absolute atomic E-state index is 15.0. The van der Waals surface area contributed by atoms with E-state index in [1.807, 2.05) is 79.7 Å². The molecule has 1 heterocycles. The monoisotopic (exact) mass is 452 g/mol. The van der Waals surface area contributed by atoms with Gasteiger partial charge in [-0.2, -0.15) is 0 Å². The smallest absolute Gasteiger partial charge is 0.333 e. The van der Waals surface area contributed by atoms with Gasteiger partial charge in [-0.1, -0.05) is 60.1 Å². The molecule has 1 aliphatic heterocycles. The minimum Gasteiger partial charge on any atom is -0.467 e. The molecule has 158 valence electrons. The Balaban J connectivity index is 1.98. The van der Waals surface area contributed by atoms with Crippen LogP contribution >= 0.6 is 18.9 Å². The largest absolute Gasteiger partial charge is 0.467 e. The number of esters is 1. The molecule has 4 rings (SSSR count). The third-order valence-electron chi connectivity index (χ3n) is 5.70. The fraction of sp³-hybridized carbons (Fsp3) is 0.167. The molecule has 0 unspecified atom stereocenters. The van der Waals surface area contributed by atoms with Crippen molar-refractivity contribution in [2.24, 2.45) is 4.99 Å². The molecule has 0 saturated carbocycles. The Morgan fingerprint density at radius 2 is 1.48 bits per heavy atom. The van der Waals surface area contributed by atoms with Crippen LogP contribution in [0.25, 0.3) is 0 Å². The highest BCUT2D eigenvalue weighted by atomic mass is 35.5. The van der Waals surface area contributed by atoms with Gasteiger partial charge in [0, 0.05) is 15.6 Å². The molecular weight excluding hydrogens is 431 g/mol. The molecule has 0 saturated heterocycles. The van der Waals surface area contributed by atoms with Gasteiger partial charge in [0.2, 0.25) is 7.29 Å². The van der Waals surface area contributed by atoms with E-state index in [1.165, 1.54) is 13.4 Å². The van der Waals surface area contributed by atoms with Crippen LogP contribution in [0.3, 0.4) is 0 Å². The van der Waals surface area contributed by atoms with Crippen LogP contribution in [0.15, 0.2) is 89.9 Å². The number of benzene rings is 3. The Bertz CT molecular complexity index is 1110. The van der Waals surface area contributed by atoms with Crippen molar-refractivity contribution in [2.75, 3.05) is 7.11 Å². The Morgan fingerprint density at radius 1 is 0.968 bits per heavy atom. The van der Waals surface area contributed by atoms with Crippen molar-refractivity contribution >= 4 is 41.8 Å². The second-order valence-corrected chi connectivity index (χ2v) is 10.5. The first-order valence-corrected chi connectivity index (χ1v) is 11.8. The molecule has 0 bridgehead atoms. The summed E-state index contributed by atoms with van der Waals surface area (Å²) in [6, 6.07) is 24.8. The molecule has 2 atom stereocenters. The van der Waals surface area contributed by atoms with Crippen LogP contribution in [0.1, 0.15) is 12.5 Å². The van der Waals surface area contributed by atoms with Crippen molar-refractivity contribution in [3.63, 3.8) is 0 Å². The van der Waals surface area contributed by atoms with Crippen molar-refractivity contribution in [3.05, 3.63) is 95.5 Å². The number of hydrogen-bond acceptors (Lipinski definition) is 4. The number of aliphatic imine (C=N–C) groups is 1. The van der Waals surface area contributed by atoms with Crippen molar-refractivity contribution < 1.29 is 14.1 Å². The highest BCUT2D eigenvalue weighted by molar-refractivity contribution is 7.77. The number of nitrogens with zero attached hydrogens (tertiary/aromatic N) is 2. The zero-order valence-corrected chi connectivity index (χ0v) is 18.8. The van der Waals surface area contributed by atoms with Gasteiger partial charge in [-0.3, -0.25) is 14.2 Å². The highest BCUT2D eigenvalue weighted by Crippen LogP contribution is 2.56. The van der Waals surface area contributed by atoms with Crippen LogP contribution in [-0.4, -0.2) is 30.1 Å². The van der Waals surface area contributed by atoms with E-state index in [9.17, 15) is 9.36 Å². The van der Waals surface area contributed by atoms with Gasteiger partial charge >= 0.3 is 5.97 Å². The van der Waals surface area contributed by atoms with Crippen LogP contribution < -0.4 is 10.6 Å². The first-order chi connectivity index (χ1) is 14.9. The second kappa shape index (κ2) is 8.33. The zero-order valence-electron chi connectivity index (χ0n) is 17.2. The molecule has 0 aliphatic carbocycles. The summed E-state index contributed by atoms with van der Waals surface area (Å²) in [5.41, 5.74) is -0.296. The van der Waals surface area contributed by atoms with Crippen LogP contribution in [0, 0.1) is 0 Å². The number of methoxy groups -OCH3 is 1. The minimum absolute atomic E-state index is 0.496. The van der Waals surface area contributed by atoms with E-state index in [1.54, 1.807) is 16.8 Å². The summed E-state index contributed by atoms with van der Waals surface area (Å²) < 4.78 is 21.8. The van der Waals surface area contributed by atoms with E-state index in [4.69, 9.17) is 16.3 Å². The van der Waals surface area contributed by atoms with Gasteiger partial charge in [0.25, 0.3) is 0 Å². The molecule has 0 fully saturated rings. The minimum atomic E-state index is -3.41. The molecule has 0 aromatic heterocycles. The topological polar surface area (TPSA) is 59.0 Å². The lowest BCUT2D eigenvalue weighted by Crippen LogP contribution is -2.50. The van der Waals surface area contributed by atoms with E-state index < -0.39 is 24.8 Å². The predicted molar refractivity (Wildman–Crippen MR) is 125 cm³/mol. The molecule has 1 aliphatic rings. The predicted octanol–water partition coefficient (Wildman–Crippen LogP) is 4.37. The lowest BCUT2D eigenvalue weighted by molar-refractivity contribution is -0.144. The van der Waals surface area contributed by atoms with E-state index in [2.05, 4.69) is 4.99 Å². The average molecular weight is 453 g/mol. The Kier molecular flexibility index (Phi) is 5.74. The van der Waals surface area contributed by atoms with Gasteiger partial charge in [-0.15, -0.1) is 0 Å². The quantitative estimate of drug-likeness (QED) is 0.426. The maximum Gasteiger partial charge on any atom is 0.333 e. The first-order valence-electron chi connectivity index (χ1n) is 9.80. The van der Waals surface area contributed by atoms with Gasteiger partial charge in [0.15, 0.2) is 6.04 Å². The SMILES string of the molecule is COC(=O)[C@@H]1N=CN(P(=O)(c2ccccc2)c2ccccc2)[C@]1(C)c1ccc(Cl)cc1. The van der Waals surface area contributed by atoms with Gasteiger partial charge in [-0.05, 0) is 48.9 Å². The molecule has 5 nitrogen and oxygen atoms in total. The molecule has 0 spiro atoms. The highest BCUT2D eigenvalue weighted by Gasteiger charge is 2.55. The van der Waals surface area contributed by atoms with E-state index in [-0.39, 0.29) is 0 Å². The first kappa shape index (κ1) is 21.4. The lowest BCUT2D eigenvalue weighted by Gasteiger charge is -2.43. The van der Waals surface area contributed by atoms with Gasteiger partial charge in [0.1, 0.15) is 5.54 Å². The second-order valence-electron chi connectivity index (χ2n) is 7.44. The number of carbonyl (C=O) groups excluding carboxylic acids is 1. The Morgan fingerprint density at radius 3 is 1.97 bits per heavy atom. The molecule has 31 heavy (non-hydrogen) atoms. The van der Waals surface area contributed by atoms with Crippen LogP contribution in [0.5, 0.6) is 0 Å². The van der Waals surface area contributed by atoms with Crippen LogP contribution in [0.2, 0.25) is 5.02 Å². The zero-order chi connectivity index (χ0) is 22.1. The molecular formula is C24H22ClN2O3P. The van der Waals surface area contributed by atoms with Gasteiger partial charge in [-0.25, -0.2) is 4.79 Å². The number of carbonyl (C=O) groups is 1. The molecule has 0 radical (unpaired) electrons. The van der Waals surface area contributed by atoms with Crippen molar-refractivity contribution in [3.8, 4) is 0 Å². The summed E-state index contributed by atoms with van der Waals surface area (Å²) in [6.07, 6.45) is 1.52. The van der Waals surface area contributed by atoms with Crippen LogP contribution in [0.4, 0.5) is 0 Å². The summed E-state index contributed by atoms with van der Waals surface area (Å²) in [5, 5.41) is 1.87. The summed E-state index contributed by atoms with van der Waals surface area (Å²) in [4.78, 5) is 17.2. The molecule has 3 aromatic carbocycles. The summed E-state index contributed by atoms with van der Waals surface area (Å²) in [7, 11) is -2.08. The van der Waals surface area contributed by atoms with Crippen molar-refractivity contribution in [1.29, 1.82) is 0 Å². The normalized spacial score (nSPS) is 20.6. The standard InChI is InChI=1S/C24H22ClN2O3P/c1-24(18-13-15-19(25)16-14-18)22(23(28)30-2)26-17-27(24)31(29,20-9-5-3-6-10-20)21-11-7-4-8-12-21/h3-17,22H,1-2H3/t22-,24+/m0/s1. The lowest BCUT2D eigenvalue weighted by atomic mass is 9.85. The van der Waals surface area contributed by atoms with Crippen molar-refractivity contribution in [2.45, 2.75) is 18.5 Å². The number of ether oxygens (including phenoxy) is 1. The van der Waals surface area contributed by atoms with Crippen LogP contribution in [-0.2, 0) is 19.6 Å². The third-order valence-corrected chi connectivity index (χ3v) is 9.08. The Labute approximate surface area is 186 Å². The average Bonchev–Trinajstić information content (AvgIpc) is 3.18. The summed E-state index contributed by atoms with van der Waals surface area (Å²) in [6.45, 7) is 1.86. The number of halogens is 1. The molecule has 3 aromatic rings. The summed E-state index contributed by atoms with van der Waals surface area (Å²) >= 11 is 6.12. The number of rotatable bonds is 5. The fourth-order valence-electron chi connectivity index (χ4n) is 4.02. The van der Waals surface area contributed by atoms with E-state index >= 15 is 0 Å². The van der Waals surface area contributed by atoms with Gasteiger partial charge in [0.05, 0.1) is 13.4 Å². The third kappa shape index (κ3) is 3.48. The fourth-order valence-corrected chi connectivity index (χ4v) is 7.11. The van der Waals surface area contributed by atoms with Crippen molar-refractivity contribution in [1.82, 2.24) is 4.67 Å². The number of hydrogen-bond donors (Lipinski definition) is 0.